The van der Waals surface area contributed by atoms with Crippen LogP contribution in [0.2, 0.25) is 5.28 Å². The molecular formula is C42H49ClN12O6. The quantitative estimate of drug-likeness (QED) is 0.132. The number of ether oxygens (including phenoxy) is 2. The molecule has 2 unspecified atom stereocenters. The van der Waals surface area contributed by atoms with Crippen molar-refractivity contribution >= 4 is 52.8 Å². The van der Waals surface area contributed by atoms with Gasteiger partial charge in [0.25, 0.3) is 11.8 Å². The van der Waals surface area contributed by atoms with Crippen molar-refractivity contribution in [2.75, 3.05) is 54.8 Å². The van der Waals surface area contributed by atoms with Gasteiger partial charge in [0.05, 0.1) is 24.4 Å². The normalized spacial score (nSPS) is 21.6. The molecule has 0 saturated carbocycles. The first kappa shape index (κ1) is 41.8. The monoisotopic (exact) mass is 852 g/mol. The van der Waals surface area contributed by atoms with Crippen LogP contribution in [0.3, 0.4) is 0 Å². The summed E-state index contributed by atoms with van der Waals surface area (Å²) in [6.45, 7) is 6.21. The number of piperidine rings is 2. The number of benzene rings is 2. The topological polar surface area (TPSA) is 254 Å². The third-order valence-corrected chi connectivity index (χ3v) is 12.1. The van der Waals surface area contributed by atoms with Crippen LogP contribution in [0, 0.1) is 0 Å². The van der Waals surface area contributed by atoms with Crippen LogP contribution in [-0.2, 0) is 43.5 Å². The summed E-state index contributed by atoms with van der Waals surface area (Å²) in [4.78, 5) is 64.5. The Balaban J connectivity index is 0.000000139. The standard InChI is InChI=1S/C21H24N6O3.C12H15NO.C9H10ClN5O2/c22-18(28)16-11-17(24-15-5-8-23-19(15)29)26-20(25-16)27-9-6-21(7-10-27)14-4-2-1-3-13(14)12-30-21;1-2-4-11-10(3-1)9-14-12(11)5-7-13-8-6-12;10-9-14-5(7(11)16)3-6(15-9)13-4-1-2-12-8(4)17/h1-4,11,15H,5-10,12H2,(H2,22,28)(H,23,29)(H,24,25,26);1-4,13H,5-9H2;3-4H,1-2H2,(H2,11,16)(H,12,17)(H,13,14,15). The molecule has 0 bridgehead atoms. The third-order valence-electron chi connectivity index (χ3n) is 11.9. The summed E-state index contributed by atoms with van der Waals surface area (Å²) in [6, 6.07) is 19.1. The first-order chi connectivity index (χ1) is 29.5. The first-order valence-corrected chi connectivity index (χ1v) is 20.9. The maximum atomic E-state index is 11.9. The number of hydrogen-bond donors (Lipinski definition) is 7. The lowest BCUT2D eigenvalue weighted by Gasteiger charge is -2.39. The van der Waals surface area contributed by atoms with Gasteiger partial charge < -0.3 is 52.4 Å². The van der Waals surface area contributed by atoms with Crippen molar-refractivity contribution in [2.45, 2.75) is 75.0 Å². The van der Waals surface area contributed by atoms with Gasteiger partial charge in [0, 0.05) is 38.3 Å². The molecule has 4 amide bonds. The molecule has 320 valence electrons. The number of nitrogens with two attached hydrogens (primary N) is 2. The van der Waals surface area contributed by atoms with E-state index in [2.05, 4.69) is 89.0 Å². The Morgan fingerprint density at radius 3 is 1.69 bits per heavy atom. The van der Waals surface area contributed by atoms with Crippen LogP contribution in [0.4, 0.5) is 17.6 Å². The van der Waals surface area contributed by atoms with Crippen molar-refractivity contribution in [3.63, 3.8) is 0 Å². The van der Waals surface area contributed by atoms with Crippen molar-refractivity contribution < 1.29 is 28.7 Å². The summed E-state index contributed by atoms with van der Waals surface area (Å²) in [5.74, 6) is -0.340. The Morgan fingerprint density at radius 1 is 0.689 bits per heavy atom. The number of aromatic nitrogens is 4. The van der Waals surface area contributed by atoms with Gasteiger partial charge in [-0.25, -0.2) is 15.0 Å². The van der Waals surface area contributed by atoms with Crippen molar-refractivity contribution in [1.29, 1.82) is 0 Å². The minimum absolute atomic E-state index is 0.00547. The lowest BCUT2D eigenvalue weighted by Crippen LogP contribution is -2.43. The Hall–Kier alpha value is -5.95. The molecule has 10 rings (SSSR count). The molecule has 2 aromatic carbocycles. The Bertz CT molecular complexity index is 2290. The van der Waals surface area contributed by atoms with Crippen LogP contribution in [0.1, 0.15) is 81.8 Å². The van der Waals surface area contributed by atoms with Crippen molar-refractivity contribution in [2.24, 2.45) is 11.5 Å². The van der Waals surface area contributed by atoms with E-state index >= 15 is 0 Å². The number of fused-ring (bicyclic) bond motifs is 4. The van der Waals surface area contributed by atoms with Gasteiger partial charge in [0.1, 0.15) is 35.1 Å². The van der Waals surface area contributed by atoms with Gasteiger partial charge in [-0.2, -0.15) is 4.98 Å². The average molecular weight is 853 g/mol. The molecule has 4 saturated heterocycles. The molecule has 4 aromatic rings. The highest BCUT2D eigenvalue weighted by atomic mass is 35.5. The van der Waals surface area contributed by atoms with E-state index in [1.54, 1.807) is 0 Å². The Kier molecular flexibility index (Phi) is 12.3. The van der Waals surface area contributed by atoms with Crippen molar-refractivity contribution in [3.05, 3.63) is 99.6 Å². The van der Waals surface area contributed by atoms with Crippen LogP contribution in [-0.4, -0.2) is 94.9 Å². The molecule has 8 heterocycles. The van der Waals surface area contributed by atoms with Crippen LogP contribution in [0.5, 0.6) is 0 Å². The lowest BCUT2D eigenvalue weighted by molar-refractivity contribution is -0.120. The molecule has 0 radical (unpaired) electrons. The number of carbonyl (C=O) groups is 4. The van der Waals surface area contributed by atoms with Gasteiger partial charge in [-0.1, -0.05) is 48.5 Å². The number of rotatable bonds is 7. The minimum atomic E-state index is -0.701. The van der Waals surface area contributed by atoms with E-state index in [0.29, 0.717) is 63.2 Å². The van der Waals surface area contributed by atoms with Crippen LogP contribution in [0.25, 0.3) is 0 Å². The summed E-state index contributed by atoms with van der Waals surface area (Å²) < 4.78 is 12.2. The molecule has 61 heavy (non-hydrogen) atoms. The SMILES string of the molecule is NC(=O)c1cc(NC2CCNC2=O)nc(Cl)n1.NC(=O)c1cc(NC2CCNC2=O)nc(N2CCC3(CC2)OCc2ccccc23)n1.c1ccc2c(c1)COC21CCNCC1. The minimum Gasteiger partial charge on any atom is -0.365 e. The zero-order valence-electron chi connectivity index (χ0n) is 33.5. The van der Waals surface area contributed by atoms with Crippen molar-refractivity contribution in [3.8, 4) is 0 Å². The number of primary amides is 2. The van der Waals surface area contributed by atoms with E-state index in [4.69, 9.17) is 32.5 Å². The molecule has 4 fully saturated rings. The molecule has 19 heteroatoms. The number of hydrogen-bond acceptors (Lipinski definition) is 14. The van der Waals surface area contributed by atoms with Gasteiger partial charge in [0.15, 0.2) is 0 Å². The first-order valence-electron chi connectivity index (χ1n) is 20.5. The number of anilines is 3. The Labute approximate surface area is 357 Å². The molecule has 6 aliphatic heterocycles. The van der Waals surface area contributed by atoms with Crippen molar-refractivity contribution in [1.82, 2.24) is 35.9 Å². The fourth-order valence-electron chi connectivity index (χ4n) is 8.71. The molecule has 9 N–H and O–H groups in total. The smallest absolute Gasteiger partial charge is 0.267 e. The highest BCUT2D eigenvalue weighted by Gasteiger charge is 2.43. The largest absolute Gasteiger partial charge is 0.365 e. The van der Waals surface area contributed by atoms with Gasteiger partial charge >= 0.3 is 0 Å². The van der Waals surface area contributed by atoms with E-state index in [9.17, 15) is 19.2 Å². The summed E-state index contributed by atoms with van der Waals surface area (Å²) in [7, 11) is 0. The second kappa shape index (κ2) is 18.0. The third kappa shape index (κ3) is 9.22. The molecule has 18 nitrogen and oxygen atoms in total. The predicted molar refractivity (Wildman–Crippen MR) is 226 cm³/mol. The molecular weight excluding hydrogens is 804 g/mol. The molecule has 6 aliphatic rings. The summed E-state index contributed by atoms with van der Waals surface area (Å²) in [5.41, 5.74) is 15.8. The van der Waals surface area contributed by atoms with E-state index in [1.165, 1.54) is 34.4 Å². The fraction of sp³-hybridized carbons (Fsp3) is 0.429. The van der Waals surface area contributed by atoms with Gasteiger partial charge in [-0.05, 0) is 85.5 Å². The number of nitrogens with one attached hydrogen (secondary N) is 5. The summed E-state index contributed by atoms with van der Waals surface area (Å²) in [5, 5.41) is 14.7. The average Bonchev–Trinajstić information content (AvgIpc) is 4.05. The number of halogens is 1. The van der Waals surface area contributed by atoms with Gasteiger partial charge in [0.2, 0.25) is 23.0 Å². The van der Waals surface area contributed by atoms with Crippen LogP contribution >= 0.6 is 11.6 Å². The van der Waals surface area contributed by atoms with E-state index in [1.807, 2.05) is 11.0 Å². The molecule has 2 aromatic heterocycles. The van der Waals surface area contributed by atoms with E-state index in [0.717, 1.165) is 45.4 Å². The highest BCUT2D eigenvalue weighted by Crippen LogP contribution is 2.45. The van der Waals surface area contributed by atoms with Gasteiger partial charge in [-0.15, -0.1) is 0 Å². The summed E-state index contributed by atoms with van der Waals surface area (Å²) in [6.07, 6.45) is 5.15. The second-order valence-electron chi connectivity index (χ2n) is 15.7. The highest BCUT2D eigenvalue weighted by molar-refractivity contribution is 6.28. The predicted octanol–water partition coefficient (Wildman–Crippen LogP) is 2.23. The zero-order chi connectivity index (χ0) is 42.6. The van der Waals surface area contributed by atoms with Crippen LogP contribution < -0.4 is 43.0 Å². The van der Waals surface area contributed by atoms with Gasteiger partial charge in [-0.3, -0.25) is 19.2 Å². The number of carbonyl (C=O) groups excluding carboxylic acids is 4. The summed E-state index contributed by atoms with van der Waals surface area (Å²) >= 11 is 5.65. The molecule has 2 atom stereocenters. The molecule has 0 aliphatic carbocycles. The van der Waals surface area contributed by atoms with E-state index in [-0.39, 0.29) is 51.8 Å². The maximum Gasteiger partial charge on any atom is 0.267 e. The lowest BCUT2D eigenvalue weighted by atomic mass is 9.84. The fourth-order valence-corrected chi connectivity index (χ4v) is 8.89. The second-order valence-corrected chi connectivity index (χ2v) is 16.1. The zero-order valence-corrected chi connectivity index (χ0v) is 34.3. The van der Waals surface area contributed by atoms with E-state index < -0.39 is 11.8 Å². The number of nitrogens with zero attached hydrogens (tertiary/aromatic N) is 5. The van der Waals surface area contributed by atoms with Crippen LogP contribution in [0.15, 0.2) is 60.7 Å². The maximum absolute atomic E-state index is 11.9. The Morgan fingerprint density at radius 2 is 1.18 bits per heavy atom. The molecule has 2 spiro atoms. The number of amides is 4.